The maximum atomic E-state index is 11.5. The van der Waals surface area contributed by atoms with Crippen LogP contribution >= 0.6 is 11.8 Å². The van der Waals surface area contributed by atoms with Gasteiger partial charge in [-0.15, -0.1) is 11.8 Å². The molecule has 2 aromatic rings. The van der Waals surface area contributed by atoms with Gasteiger partial charge in [0.2, 0.25) is 5.89 Å². The predicted octanol–water partition coefficient (Wildman–Crippen LogP) is 2.60. The predicted molar refractivity (Wildman–Crippen MR) is 92.4 cm³/mol. The van der Waals surface area contributed by atoms with Crippen molar-refractivity contribution in [3.05, 3.63) is 35.7 Å². The zero-order valence-corrected chi connectivity index (χ0v) is 14.9. The van der Waals surface area contributed by atoms with E-state index in [0.29, 0.717) is 25.5 Å². The zero-order valence-electron chi connectivity index (χ0n) is 13.3. The van der Waals surface area contributed by atoms with Crippen LogP contribution in [0, 0.1) is 6.92 Å². The summed E-state index contributed by atoms with van der Waals surface area (Å²) in [7, 11) is -2.85. The number of thioether (sulfide) groups is 1. The topological polar surface area (TPSA) is 63.4 Å². The van der Waals surface area contributed by atoms with Gasteiger partial charge in [0.1, 0.15) is 5.76 Å². The Hall–Kier alpha value is -1.31. The fourth-order valence-corrected chi connectivity index (χ4v) is 4.24. The first kappa shape index (κ1) is 16.5. The van der Waals surface area contributed by atoms with Crippen molar-refractivity contribution in [1.82, 2.24) is 9.88 Å². The van der Waals surface area contributed by atoms with Gasteiger partial charge in [-0.05, 0) is 37.4 Å². The van der Waals surface area contributed by atoms with Gasteiger partial charge in [0, 0.05) is 30.1 Å². The summed E-state index contributed by atoms with van der Waals surface area (Å²) in [4.78, 5) is 7.92. The summed E-state index contributed by atoms with van der Waals surface area (Å²) < 4.78 is 28.8. The molecule has 1 aliphatic heterocycles. The fourth-order valence-electron chi connectivity index (χ4n) is 2.55. The van der Waals surface area contributed by atoms with Crippen LogP contribution in [0.1, 0.15) is 11.5 Å². The van der Waals surface area contributed by atoms with E-state index < -0.39 is 9.84 Å². The largest absolute Gasteiger partial charge is 0.441 e. The third kappa shape index (κ3) is 3.97. The van der Waals surface area contributed by atoms with E-state index in [4.69, 9.17) is 4.42 Å². The second-order valence-corrected chi connectivity index (χ2v) is 8.86. The molecule has 124 valence electrons. The van der Waals surface area contributed by atoms with Crippen molar-refractivity contribution in [2.45, 2.75) is 18.4 Å². The maximum Gasteiger partial charge on any atom is 0.226 e. The molecule has 0 aliphatic carbocycles. The number of rotatable bonds is 4. The lowest BCUT2D eigenvalue weighted by molar-refractivity contribution is 0.283. The van der Waals surface area contributed by atoms with Crippen molar-refractivity contribution < 1.29 is 12.8 Å². The van der Waals surface area contributed by atoms with Crippen molar-refractivity contribution in [2.75, 3.05) is 30.9 Å². The first-order valence-electron chi connectivity index (χ1n) is 7.50. The Morgan fingerprint density at radius 3 is 2.48 bits per heavy atom. The van der Waals surface area contributed by atoms with Gasteiger partial charge in [0.25, 0.3) is 0 Å². The highest BCUT2D eigenvalue weighted by atomic mass is 32.2. The third-order valence-electron chi connectivity index (χ3n) is 4.04. The van der Waals surface area contributed by atoms with Crippen LogP contribution in [0.2, 0.25) is 0 Å². The van der Waals surface area contributed by atoms with Gasteiger partial charge >= 0.3 is 0 Å². The summed E-state index contributed by atoms with van der Waals surface area (Å²) in [6.07, 6.45) is 2.04. The van der Waals surface area contributed by atoms with Crippen molar-refractivity contribution in [1.29, 1.82) is 0 Å². The number of aryl methyl sites for hydroxylation is 1. The molecule has 1 aliphatic rings. The van der Waals surface area contributed by atoms with Crippen LogP contribution < -0.4 is 0 Å². The lowest BCUT2D eigenvalue weighted by Crippen LogP contribution is -2.39. The molecule has 1 aromatic heterocycles. The van der Waals surface area contributed by atoms with E-state index in [2.05, 4.69) is 22.0 Å². The molecule has 0 bridgehead atoms. The van der Waals surface area contributed by atoms with Crippen LogP contribution in [0.15, 0.2) is 33.6 Å². The molecular weight excluding hydrogens is 332 g/mol. The van der Waals surface area contributed by atoms with Gasteiger partial charge in [0.05, 0.1) is 17.2 Å². The Kier molecular flexibility index (Phi) is 4.79. The number of hydrogen-bond acceptors (Lipinski definition) is 6. The smallest absolute Gasteiger partial charge is 0.226 e. The number of oxazole rings is 1. The maximum absolute atomic E-state index is 11.5. The first-order chi connectivity index (χ1) is 11.0. The van der Waals surface area contributed by atoms with Crippen molar-refractivity contribution in [3.63, 3.8) is 0 Å². The van der Waals surface area contributed by atoms with Gasteiger partial charge in [-0.3, -0.25) is 4.90 Å². The molecule has 7 heteroatoms. The van der Waals surface area contributed by atoms with E-state index in [1.165, 1.54) is 4.90 Å². The van der Waals surface area contributed by atoms with Crippen molar-refractivity contribution in [2.24, 2.45) is 0 Å². The molecule has 1 saturated heterocycles. The summed E-state index contributed by atoms with van der Waals surface area (Å²) in [5.41, 5.74) is 1.84. The number of nitrogens with zero attached hydrogens (tertiary/aromatic N) is 2. The minimum absolute atomic E-state index is 0.229. The fraction of sp³-hybridized carbons (Fsp3) is 0.438. The van der Waals surface area contributed by atoms with Gasteiger partial charge in [-0.1, -0.05) is 0 Å². The second-order valence-electron chi connectivity index (χ2n) is 5.68. The van der Waals surface area contributed by atoms with E-state index in [0.717, 1.165) is 17.0 Å². The Bertz CT molecular complexity index is 768. The molecular formula is C16H20N2O3S2. The molecule has 0 N–H and O–H groups in total. The van der Waals surface area contributed by atoms with Crippen molar-refractivity contribution in [3.8, 4) is 11.5 Å². The van der Waals surface area contributed by atoms with Crippen LogP contribution in [0.3, 0.4) is 0 Å². The normalized spacial score (nSPS) is 18.2. The Labute approximate surface area is 141 Å². The molecule has 0 radical (unpaired) electrons. The van der Waals surface area contributed by atoms with E-state index >= 15 is 0 Å². The van der Waals surface area contributed by atoms with E-state index in [-0.39, 0.29) is 11.5 Å². The van der Waals surface area contributed by atoms with E-state index in [9.17, 15) is 8.42 Å². The van der Waals surface area contributed by atoms with Crippen LogP contribution in [-0.2, 0) is 16.4 Å². The van der Waals surface area contributed by atoms with Crippen LogP contribution in [-0.4, -0.2) is 49.2 Å². The Morgan fingerprint density at radius 1 is 1.22 bits per heavy atom. The summed E-state index contributed by atoms with van der Waals surface area (Å²) in [5.74, 6) is 1.87. The molecule has 0 amide bonds. The Morgan fingerprint density at radius 2 is 1.87 bits per heavy atom. The minimum Gasteiger partial charge on any atom is -0.441 e. The van der Waals surface area contributed by atoms with Gasteiger partial charge in [-0.2, -0.15) is 0 Å². The number of aromatic nitrogens is 1. The molecule has 0 spiro atoms. The monoisotopic (exact) mass is 352 g/mol. The minimum atomic E-state index is -2.85. The molecule has 2 heterocycles. The summed E-state index contributed by atoms with van der Waals surface area (Å²) in [5, 5.41) is 0. The molecule has 5 nitrogen and oxygen atoms in total. The quantitative estimate of drug-likeness (QED) is 0.788. The summed E-state index contributed by atoms with van der Waals surface area (Å²) in [6.45, 7) is 3.66. The SMILES string of the molecule is CSc1ccc(-c2nc(CN3CCS(=O)(=O)CC3)c(C)o2)cc1. The van der Waals surface area contributed by atoms with Crippen LogP contribution in [0.5, 0.6) is 0 Å². The molecule has 0 atom stereocenters. The summed E-state index contributed by atoms with van der Waals surface area (Å²) >= 11 is 1.70. The zero-order chi connectivity index (χ0) is 16.4. The highest BCUT2D eigenvalue weighted by Gasteiger charge is 2.23. The standard InChI is InChI=1S/C16H20N2O3S2/c1-12-15(11-18-7-9-23(19,20)10-8-18)17-16(21-12)13-3-5-14(22-2)6-4-13/h3-6H,7-11H2,1-2H3. The lowest BCUT2D eigenvalue weighted by Gasteiger charge is -2.25. The van der Waals surface area contributed by atoms with Gasteiger partial charge in [0.15, 0.2) is 9.84 Å². The van der Waals surface area contributed by atoms with E-state index in [1.807, 2.05) is 25.3 Å². The second kappa shape index (κ2) is 6.67. The molecule has 0 unspecified atom stereocenters. The molecule has 0 saturated carbocycles. The number of hydrogen-bond donors (Lipinski definition) is 0. The lowest BCUT2D eigenvalue weighted by atomic mass is 10.2. The average Bonchev–Trinajstić information content (AvgIpc) is 2.90. The summed E-state index contributed by atoms with van der Waals surface area (Å²) in [6, 6.07) is 8.12. The van der Waals surface area contributed by atoms with Crippen LogP contribution in [0.4, 0.5) is 0 Å². The van der Waals surface area contributed by atoms with E-state index in [1.54, 1.807) is 11.8 Å². The number of sulfone groups is 1. The highest BCUT2D eigenvalue weighted by molar-refractivity contribution is 7.98. The molecule has 23 heavy (non-hydrogen) atoms. The Balaban J connectivity index is 1.73. The highest BCUT2D eigenvalue weighted by Crippen LogP contribution is 2.25. The molecule has 3 rings (SSSR count). The van der Waals surface area contributed by atoms with Crippen LogP contribution in [0.25, 0.3) is 11.5 Å². The van der Waals surface area contributed by atoms with Gasteiger partial charge in [-0.25, -0.2) is 13.4 Å². The van der Waals surface area contributed by atoms with Gasteiger partial charge < -0.3 is 4.42 Å². The van der Waals surface area contributed by atoms with Crippen molar-refractivity contribution >= 4 is 21.6 Å². The first-order valence-corrected chi connectivity index (χ1v) is 10.5. The molecule has 1 fully saturated rings. The third-order valence-corrected chi connectivity index (χ3v) is 6.39. The number of benzene rings is 1. The molecule has 1 aromatic carbocycles. The average molecular weight is 352 g/mol.